The Bertz CT molecular complexity index is 1220. The Hall–Kier alpha value is -3.25. The number of hydrogen-bond acceptors (Lipinski definition) is 4. The highest BCUT2D eigenvalue weighted by molar-refractivity contribution is 7.80. The van der Waals surface area contributed by atoms with Crippen LogP contribution in [-0.4, -0.2) is 37.4 Å². The van der Waals surface area contributed by atoms with E-state index >= 15 is 0 Å². The maximum absolute atomic E-state index is 6.37. The van der Waals surface area contributed by atoms with Crippen LogP contribution in [0.3, 0.4) is 0 Å². The molecule has 0 bridgehead atoms. The maximum Gasteiger partial charge on any atom is 0.174 e. The molecule has 0 saturated carbocycles. The van der Waals surface area contributed by atoms with Crippen molar-refractivity contribution in [1.29, 1.82) is 0 Å². The molecule has 0 amide bonds. The number of nitrogens with one attached hydrogen (secondary N) is 1. The Morgan fingerprint density at radius 3 is 2.29 bits per heavy atom. The molecule has 1 aliphatic heterocycles. The third-order valence-corrected chi connectivity index (χ3v) is 6.84. The zero-order chi connectivity index (χ0) is 25.1. The van der Waals surface area contributed by atoms with Crippen molar-refractivity contribution in [3.8, 4) is 17.2 Å². The zero-order valence-electron chi connectivity index (χ0n) is 21.4. The van der Waals surface area contributed by atoms with Crippen LogP contribution in [0, 0.1) is 27.7 Å². The topological polar surface area (TPSA) is 43.0 Å². The maximum atomic E-state index is 6.37. The minimum atomic E-state index is -0.0792. The van der Waals surface area contributed by atoms with E-state index in [1.54, 1.807) is 14.2 Å². The number of aryl methyl sites for hydroxylation is 4. The van der Waals surface area contributed by atoms with Gasteiger partial charge in [0.1, 0.15) is 12.4 Å². The molecule has 184 valence electrons. The number of ether oxygens (including phenoxy) is 3. The first-order valence-corrected chi connectivity index (χ1v) is 12.3. The Labute approximate surface area is 214 Å². The summed E-state index contributed by atoms with van der Waals surface area (Å²) < 4.78 is 17.6. The summed E-state index contributed by atoms with van der Waals surface area (Å²) in [6.07, 6.45) is 0.852. The number of nitrogens with zero attached hydrogens (tertiary/aromatic N) is 1. The van der Waals surface area contributed by atoms with Gasteiger partial charge in [-0.15, -0.1) is 0 Å². The van der Waals surface area contributed by atoms with E-state index in [4.69, 9.17) is 26.4 Å². The summed E-state index contributed by atoms with van der Waals surface area (Å²) in [4.78, 5) is 2.23. The first-order valence-electron chi connectivity index (χ1n) is 11.9. The van der Waals surface area contributed by atoms with Crippen LogP contribution in [0.15, 0.2) is 48.5 Å². The van der Waals surface area contributed by atoms with Gasteiger partial charge in [0.25, 0.3) is 0 Å². The molecule has 0 radical (unpaired) electrons. The van der Waals surface area contributed by atoms with Crippen LogP contribution in [0.1, 0.15) is 39.4 Å². The molecule has 1 heterocycles. The average molecular weight is 491 g/mol. The molecule has 3 aromatic carbocycles. The summed E-state index contributed by atoms with van der Waals surface area (Å²) in [5, 5.41) is 4.18. The van der Waals surface area contributed by atoms with Crippen molar-refractivity contribution in [2.75, 3.05) is 32.7 Å². The Kier molecular flexibility index (Phi) is 7.51. The van der Waals surface area contributed by atoms with E-state index in [1.165, 1.54) is 22.3 Å². The van der Waals surface area contributed by atoms with Gasteiger partial charge >= 0.3 is 0 Å². The van der Waals surface area contributed by atoms with Gasteiger partial charge in [-0.05, 0) is 110 Å². The van der Waals surface area contributed by atoms with Crippen LogP contribution in [-0.2, 0) is 6.42 Å². The minimum Gasteiger partial charge on any atom is -0.493 e. The lowest BCUT2D eigenvalue weighted by Crippen LogP contribution is -2.44. The molecule has 0 saturated heterocycles. The van der Waals surface area contributed by atoms with E-state index in [0.29, 0.717) is 17.5 Å². The molecular weight excluding hydrogens is 456 g/mol. The summed E-state index contributed by atoms with van der Waals surface area (Å²) in [6.45, 7) is 9.59. The fourth-order valence-corrected chi connectivity index (χ4v) is 5.03. The standard InChI is InChI=1S/C29H34N2O3S/c1-18-7-8-21(4)25(14-18)30-29(35)31-10-9-22-15-27(32-5)28(33-6)16-24(22)26(31)17-34-23-12-19(2)11-20(3)13-23/h7-8,11-16,26H,9-10,17H2,1-6H3,(H,30,35). The number of rotatable bonds is 6. The van der Waals surface area contributed by atoms with Crippen LogP contribution in [0.4, 0.5) is 5.69 Å². The fourth-order valence-electron chi connectivity index (χ4n) is 4.70. The molecule has 5 nitrogen and oxygen atoms in total. The molecule has 4 rings (SSSR count). The SMILES string of the molecule is COc1cc2c(cc1OC)C(COc1cc(C)cc(C)c1)N(C(=S)Nc1cc(C)ccc1C)CC2. The quantitative estimate of drug-likeness (QED) is 0.408. The molecule has 1 atom stereocenters. The van der Waals surface area contributed by atoms with Crippen molar-refractivity contribution >= 4 is 23.0 Å². The third-order valence-electron chi connectivity index (χ3n) is 6.50. The third kappa shape index (κ3) is 5.54. The lowest BCUT2D eigenvalue weighted by atomic mass is 9.92. The van der Waals surface area contributed by atoms with E-state index in [-0.39, 0.29) is 6.04 Å². The molecule has 0 fully saturated rings. The molecule has 1 unspecified atom stereocenters. The van der Waals surface area contributed by atoms with E-state index < -0.39 is 0 Å². The first kappa shape index (κ1) is 24.9. The number of anilines is 1. The lowest BCUT2D eigenvalue weighted by molar-refractivity contribution is 0.190. The summed E-state index contributed by atoms with van der Waals surface area (Å²) in [5.74, 6) is 2.31. The van der Waals surface area contributed by atoms with E-state index in [0.717, 1.165) is 41.3 Å². The van der Waals surface area contributed by atoms with Crippen molar-refractivity contribution in [3.05, 3.63) is 81.9 Å². The number of methoxy groups -OCH3 is 2. The molecule has 0 spiro atoms. The van der Waals surface area contributed by atoms with Crippen LogP contribution in [0.25, 0.3) is 0 Å². The van der Waals surface area contributed by atoms with Gasteiger partial charge in [0.2, 0.25) is 0 Å². The molecule has 35 heavy (non-hydrogen) atoms. The van der Waals surface area contributed by atoms with Crippen molar-refractivity contribution in [2.24, 2.45) is 0 Å². The molecule has 3 aromatic rings. The van der Waals surface area contributed by atoms with Gasteiger partial charge in [0.05, 0.1) is 20.3 Å². The normalized spacial score (nSPS) is 14.8. The summed E-state index contributed by atoms with van der Waals surface area (Å²) in [7, 11) is 3.34. The molecule has 6 heteroatoms. The van der Waals surface area contributed by atoms with E-state index in [2.05, 4.69) is 86.4 Å². The molecule has 0 aliphatic carbocycles. The van der Waals surface area contributed by atoms with Gasteiger partial charge in [0, 0.05) is 12.2 Å². The van der Waals surface area contributed by atoms with Gasteiger partial charge in [-0.25, -0.2) is 0 Å². The van der Waals surface area contributed by atoms with Gasteiger partial charge < -0.3 is 24.4 Å². The van der Waals surface area contributed by atoms with Gasteiger partial charge in [-0.1, -0.05) is 18.2 Å². The monoisotopic (exact) mass is 490 g/mol. The number of hydrogen-bond donors (Lipinski definition) is 1. The predicted octanol–water partition coefficient (Wildman–Crippen LogP) is 6.31. The highest BCUT2D eigenvalue weighted by Crippen LogP contribution is 2.39. The molecule has 1 N–H and O–H groups in total. The first-order chi connectivity index (χ1) is 16.8. The second kappa shape index (κ2) is 10.6. The van der Waals surface area contributed by atoms with Crippen molar-refractivity contribution in [3.63, 3.8) is 0 Å². The van der Waals surface area contributed by atoms with Gasteiger partial charge in [-0.3, -0.25) is 0 Å². The van der Waals surface area contributed by atoms with Crippen LogP contribution in [0.2, 0.25) is 0 Å². The molecule has 1 aliphatic rings. The second-order valence-corrected chi connectivity index (χ2v) is 9.63. The molecular formula is C29H34N2O3S. The van der Waals surface area contributed by atoms with Gasteiger partial charge in [0.15, 0.2) is 16.6 Å². The summed E-state index contributed by atoms with van der Waals surface area (Å²) >= 11 is 5.95. The lowest BCUT2D eigenvalue weighted by Gasteiger charge is -2.39. The van der Waals surface area contributed by atoms with Crippen LogP contribution >= 0.6 is 12.2 Å². The molecule has 0 aromatic heterocycles. The Balaban J connectivity index is 1.68. The Morgan fingerprint density at radius 1 is 0.914 bits per heavy atom. The fraction of sp³-hybridized carbons (Fsp3) is 0.345. The van der Waals surface area contributed by atoms with Crippen molar-refractivity contribution in [2.45, 2.75) is 40.2 Å². The average Bonchev–Trinajstić information content (AvgIpc) is 2.83. The zero-order valence-corrected chi connectivity index (χ0v) is 22.2. The summed E-state index contributed by atoms with van der Waals surface area (Å²) in [6, 6.07) is 16.7. The van der Waals surface area contributed by atoms with Gasteiger partial charge in [-0.2, -0.15) is 0 Å². The van der Waals surface area contributed by atoms with Crippen molar-refractivity contribution < 1.29 is 14.2 Å². The largest absolute Gasteiger partial charge is 0.493 e. The van der Waals surface area contributed by atoms with Crippen molar-refractivity contribution in [1.82, 2.24) is 4.90 Å². The number of benzene rings is 3. The van der Waals surface area contributed by atoms with Crippen LogP contribution < -0.4 is 19.5 Å². The highest BCUT2D eigenvalue weighted by Gasteiger charge is 2.31. The number of fused-ring (bicyclic) bond motifs is 1. The Morgan fingerprint density at radius 2 is 1.60 bits per heavy atom. The minimum absolute atomic E-state index is 0.0792. The predicted molar refractivity (Wildman–Crippen MR) is 146 cm³/mol. The van der Waals surface area contributed by atoms with Crippen LogP contribution in [0.5, 0.6) is 17.2 Å². The highest BCUT2D eigenvalue weighted by atomic mass is 32.1. The van der Waals surface area contributed by atoms with E-state index in [9.17, 15) is 0 Å². The smallest absolute Gasteiger partial charge is 0.174 e. The second-order valence-electron chi connectivity index (χ2n) is 9.25. The summed E-state index contributed by atoms with van der Waals surface area (Å²) in [5.41, 5.74) is 8.10. The van der Waals surface area contributed by atoms with E-state index in [1.807, 2.05) is 0 Å². The number of thiocarbonyl (C=S) groups is 1.